The maximum absolute atomic E-state index is 10.7. The monoisotopic (exact) mass is 341 g/mol. The molecule has 2 aromatic rings. The van der Waals surface area contributed by atoms with E-state index in [0.717, 1.165) is 17.0 Å². The SMILES string of the molecule is C=Nc1nc(N)nc(N)c1N=C(C)CNc1ccc(CC(=O)O)cc1. The van der Waals surface area contributed by atoms with E-state index >= 15 is 0 Å². The van der Waals surface area contributed by atoms with Crippen LogP contribution in [0.1, 0.15) is 12.5 Å². The molecular weight excluding hydrogens is 322 g/mol. The molecular formula is C16H19N7O2. The number of nitrogens with two attached hydrogens (primary N) is 2. The van der Waals surface area contributed by atoms with Crippen molar-refractivity contribution < 1.29 is 9.90 Å². The molecule has 1 heterocycles. The molecule has 0 radical (unpaired) electrons. The lowest BCUT2D eigenvalue weighted by molar-refractivity contribution is -0.136. The van der Waals surface area contributed by atoms with E-state index in [0.29, 0.717) is 12.2 Å². The fraction of sp³-hybridized carbons (Fsp3) is 0.188. The molecule has 0 aliphatic heterocycles. The lowest BCUT2D eigenvalue weighted by Crippen LogP contribution is -2.11. The topological polar surface area (TPSA) is 152 Å². The van der Waals surface area contributed by atoms with Crippen LogP contribution in [0.4, 0.5) is 29.0 Å². The highest BCUT2D eigenvalue weighted by Gasteiger charge is 2.10. The molecule has 9 nitrogen and oxygen atoms in total. The maximum Gasteiger partial charge on any atom is 0.307 e. The second-order valence-electron chi connectivity index (χ2n) is 5.27. The minimum atomic E-state index is -0.862. The number of nitrogens with one attached hydrogen (secondary N) is 1. The standard InChI is InChI=1S/C16H19N7O2/c1-9(21-13-14(17)22-16(18)23-15(13)19-2)8-20-11-5-3-10(4-6-11)7-12(24)25/h3-6,20H,2,7-8H2,1H3,(H,24,25)(H4,17,18,22,23). The highest BCUT2D eigenvalue weighted by atomic mass is 16.4. The Kier molecular flexibility index (Phi) is 5.62. The number of aliphatic carboxylic acids is 1. The van der Waals surface area contributed by atoms with Crippen LogP contribution in [-0.4, -0.2) is 40.0 Å². The average Bonchev–Trinajstić information content (AvgIpc) is 2.56. The third-order valence-corrected chi connectivity index (χ3v) is 3.22. The molecule has 0 spiro atoms. The fourth-order valence-corrected chi connectivity index (χ4v) is 2.07. The Balaban J connectivity index is 2.07. The van der Waals surface area contributed by atoms with Gasteiger partial charge in [0.15, 0.2) is 11.6 Å². The first kappa shape index (κ1) is 17.9. The van der Waals surface area contributed by atoms with E-state index in [4.69, 9.17) is 16.6 Å². The second kappa shape index (κ2) is 7.86. The van der Waals surface area contributed by atoms with E-state index in [1.807, 2.05) is 19.1 Å². The van der Waals surface area contributed by atoms with E-state index in [-0.39, 0.29) is 24.0 Å². The van der Waals surface area contributed by atoms with Crippen LogP contribution in [0.3, 0.4) is 0 Å². The number of aliphatic imine (C=N–C) groups is 2. The Bertz CT molecular complexity index is 816. The van der Waals surface area contributed by atoms with Crippen molar-refractivity contribution in [3.05, 3.63) is 29.8 Å². The number of hydrogen-bond donors (Lipinski definition) is 4. The van der Waals surface area contributed by atoms with E-state index in [1.54, 1.807) is 12.1 Å². The van der Waals surface area contributed by atoms with Gasteiger partial charge < -0.3 is 21.9 Å². The summed E-state index contributed by atoms with van der Waals surface area (Å²) in [6.45, 7) is 5.68. The molecule has 9 heteroatoms. The van der Waals surface area contributed by atoms with Crippen LogP contribution in [0.2, 0.25) is 0 Å². The van der Waals surface area contributed by atoms with E-state index in [2.05, 4.69) is 32.0 Å². The van der Waals surface area contributed by atoms with Crippen molar-refractivity contribution >= 4 is 47.4 Å². The predicted octanol–water partition coefficient (Wildman–Crippen LogP) is 1.80. The molecule has 130 valence electrons. The zero-order chi connectivity index (χ0) is 18.4. The molecule has 0 fully saturated rings. The summed E-state index contributed by atoms with van der Waals surface area (Å²) in [5.74, 6) is -0.496. The number of aromatic nitrogens is 2. The molecule has 2 rings (SSSR count). The zero-order valence-electron chi connectivity index (χ0n) is 13.7. The molecule has 0 saturated carbocycles. The summed E-state index contributed by atoms with van der Waals surface area (Å²) in [5.41, 5.74) is 14.0. The molecule has 1 aromatic carbocycles. The number of hydrogen-bond acceptors (Lipinski definition) is 8. The first-order valence-electron chi connectivity index (χ1n) is 7.37. The largest absolute Gasteiger partial charge is 0.481 e. The molecule has 25 heavy (non-hydrogen) atoms. The van der Waals surface area contributed by atoms with Gasteiger partial charge in [0.25, 0.3) is 0 Å². The second-order valence-corrected chi connectivity index (χ2v) is 5.27. The summed E-state index contributed by atoms with van der Waals surface area (Å²) in [4.78, 5) is 26.6. The van der Waals surface area contributed by atoms with Gasteiger partial charge in [0.05, 0.1) is 13.0 Å². The van der Waals surface area contributed by atoms with Gasteiger partial charge in [-0.1, -0.05) is 12.1 Å². The molecule has 0 aliphatic carbocycles. The number of anilines is 3. The van der Waals surface area contributed by atoms with Crippen LogP contribution in [0, 0.1) is 0 Å². The lowest BCUT2D eigenvalue weighted by atomic mass is 10.1. The summed E-state index contributed by atoms with van der Waals surface area (Å²) in [7, 11) is 0. The van der Waals surface area contributed by atoms with Gasteiger partial charge >= 0.3 is 5.97 Å². The van der Waals surface area contributed by atoms with Crippen molar-refractivity contribution in [2.45, 2.75) is 13.3 Å². The number of nitrogens with zero attached hydrogens (tertiary/aromatic N) is 4. The summed E-state index contributed by atoms with van der Waals surface area (Å²) in [6, 6.07) is 7.13. The van der Waals surface area contributed by atoms with Crippen molar-refractivity contribution in [1.29, 1.82) is 0 Å². The number of carbonyl (C=O) groups is 1. The van der Waals surface area contributed by atoms with E-state index in [9.17, 15) is 4.79 Å². The maximum atomic E-state index is 10.7. The van der Waals surface area contributed by atoms with Crippen LogP contribution in [0.5, 0.6) is 0 Å². The van der Waals surface area contributed by atoms with Crippen molar-refractivity contribution in [2.75, 3.05) is 23.3 Å². The quantitative estimate of drug-likeness (QED) is 0.560. The predicted molar refractivity (Wildman–Crippen MR) is 99.1 cm³/mol. The zero-order valence-corrected chi connectivity index (χ0v) is 13.7. The number of rotatable bonds is 7. The molecule has 1 aromatic heterocycles. The Morgan fingerprint density at radius 3 is 2.56 bits per heavy atom. The third-order valence-electron chi connectivity index (χ3n) is 3.22. The minimum absolute atomic E-state index is 0.00545. The number of benzene rings is 1. The van der Waals surface area contributed by atoms with Gasteiger partial charge in [-0.05, 0) is 31.3 Å². The summed E-state index contributed by atoms with van der Waals surface area (Å²) in [6.07, 6.45) is -0.00545. The third kappa shape index (κ3) is 4.99. The summed E-state index contributed by atoms with van der Waals surface area (Å²) >= 11 is 0. The van der Waals surface area contributed by atoms with Crippen molar-refractivity contribution in [2.24, 2.45) is 9.98 Å². The number of nitrogen functional groups attached to an aromatic ring is 2. The van der Waals surface area contributed by atoms with Gasteiger partial charge in [0.2, 0.25) is 5.95 Å². The highest BCUT2D eigenvalue weighted by molar-refractivity contribution is 5.91. The summed E-state index contributed by atoms with van der Waals surface area (Å²) < 4.78 is 0. The first-order valence-corrected chi connectivity index (χ1v) is 7.37. The molecule has 0 saturated heterocycles. The Morgan fingerprint density at radius 2 is 1.96 bits per heavy atom. The normalized spacial score (nSPS) is 11.2. The summed E-state index contributed by atoms with van der Waals surface area (Å²) in [5, 5.41) is 11.9. The van der Waals surface area contributed by atoms with Crippen LogP contribution in [0.25, 0.3) is 0 Å². The Hall–Kier alpha value is -3.49. The van der Waals surface area contributed by atoms with Gasteiger partial charge in [0, 0.05) is 11.4 Å². The molecule has 0 atom stereocenters. The fourth-order valence-electron chi connectivity index (χ4n) is 2.07. The molecule has 0 amide bonds. The van der Waals surface area contributed by atoms with Gasteiger partial charge in [-0.3, -0.25) is 4.79 Å². The van der Waals surface area contributed by atoms with Gasteiger partial charge in [-0.2, -0.15) is 9.97 Å². The van der Waals surface area contributed by atoms with Gasteiger partial charge in [-0.25, -0.2) is 9.98 Å². The average molecular weight is 341 g/mol. The Morgan fingerprint density at radius 1 is 1.28 bits per heavy atom. The molecule has 6 N–H and O–H groups in total. The number of carboxylic acids is 1. The van der Waals surface area contributed by atoms with Crippen LogP contribution < -0.4 is 16.8 Å². The van der Waals surface area contributed by atoms with Gasteiger partial charge in [0.1, 0.15) is 5.69 Å². The minimum Gasteiger partial charge on any atom is -0.481 e. The van der Waals surface area contributed by atoms with E-state index in [1.165, 1.54) is 0 Å². The molecule has 0 aliphatic rings. The first-order chi connectivity index (χ1) is 11.9. The van der Waals surface area contributed by atoms with Gasteiger partial charge in [-0.15, -0.1) is 0 Å². The lowest BCUT2D eigenvalue weighted by Gasteiger charge is -2.09. The highest BCUT2D eigenvalue weighted by Crippen LogP contribution is 2.31. The van der Waals surface area contributed by atoms with Crippen molar-refractivity contribution in [3.63, 3.8) is 0 Å². The smallest absolute Gasteiger partial charge is 0.307 e. The number of carboxylic acid groups (broad SMARTS) is 1. The molecule has 0 bridgehead atoms. The Labute approximate surface area is 144 Å². The molecule has 0 unspecified atom stereocenters. The van der Waals surface area contributed by atoms with E-state index < -0.39 is 5.97 Å². The van der Waals surface area contributed by atoms with Crippen LogP contribution >= 0.6 is 0 Å². The van der Waals surface area contributed by atoms with Crippen molar-refractivity contribution in [1.82, 2.24) is 9.97 Å². The van der Waals surface area contributed by atoms with Crippen molar-refractivity contribution in [3.8, 4) is 0 Å². The van der Waals surface area contributed by atoms with Crippen LogP contribution in [0.15, 0.2) is 34.3 Å². The van der Waals surface area contributed by atoms with Crippen LogP contribution in [-0.2, 0) is 11.2 Å².